The third-order valence-corrected chi connectivity index (χ3v) is 5.31. The van der Waals surface area contributed by atoms with E-state index in [4.69, 9.17) is 10.5 Å². The van der Waals surface area contributed by atoms with Crippen molar-refractivity contribution < 1.29 is 8.42 Å². The van der Waals surface area contributed by atoms with E-state index in [1.54, 1.807) is 30.3 Å². The number of nitrogens with one attached hydrogen (secondary N) is 1. The third-order valence-electron chi connectivity index (χ3n) is 3.41. The van der Waals surface area contributed by atoms with Crippen LogP contribution in [0.25, 0.3) is 0 Å². The zero-order valence-electron chi connectivity index (χ0n) is 12.0. The molecule has 1 fully saturated rings. The summed E-state index contributed by atoms with van der Waals surface area (Å²) in [6, 6.07) is 9.82. The average Bonchev–Trinajstić information content (AvgIpc) is 2.57. The Bertz CT molecular complexity index is 734. The molecule has 1 N–H and O–H groups in total. The van der Waals surface area contributed by atoms with Crippen molar-refractivity contribution in [1.82, 2.24) is 4.31 Å². The molecule has 1 aromatic rings. The fraction of sp³-hybridized carbons (Fsp3) is 0.333. The van der Waals surface area contributed by atoms with Gasteiger partial charge in [0.15, 0.2) is 0 Å². The molecule has 1 aromatic carbocycles. The minimum atomic E-state index is -3.49. The van der Waals surface area contributed by atoms with Crippen LogP contribution >= 0.6 is 0 Å². The zero-order valence-corrected chi connectivity index (χ0v) is 12.8. The fourth-order valence-electron chi connectivity index (χ4n) is 2.25. The molecule has 0 aliphatic carbocycles. The Balaban J connectivity index is 2.23. The molecule has 1 saturated heterocycles. The van der Waals surface area contributed by atoms with Crippen molar-refractivity contribution in [3.63, 3.8) is 0 Å². The van der Waals surface area contributed by atoms with E-state index in [1.165, 1.54) is 16.6 Å². The highest BCUT2D eigenvalue weighted by atomic mass is 32.2. The second-order valence-corrected chi connectivity index (χ2v) is 6.86. The Kier molecular flexibility index (Phi) is 5.16. The normalized spacial score (nSPS) is 15.4. The summed E-state index contributed by atoms with van der Waals surface area (Å²) in [5.74, 6) is 0. The van der Waals surface area contributed by atoms with Gasteiger partial charge < -0.3 is 5.32 Å². The number of benzene rings is 1. The molecule has 0 amide bonds. The number of rotatable bonds is 4. The molecule has 114 valence electrons. The number of piperidine rings is 1. The number of anilines is 1. The lowest BCUT2D eigenvalue weighted by molar-refractivity contribution is 0.346. The van der Waals surface area contributed by atoms with Gasteiger partial charge >= 0.3 is 0 Å². The van der Waals surface area contributed by atoms with E-state index >= 15 is 0 Å². The van der Waals surface area contributed by atoms with Crippen molar-refractivity contribution in [3.8, 4) is 12.1 Å². The number of allylic oxidation sites excluding steroid dienone is 1. The molecule has 1 heterocycles. The van der Waals surface area contributed by atoms with Gasteiger partial charge in [0.25, 0.3) is 0 Å². The van der Waals surface area contributed by atoms with Gasteiger partial charge in [0.2, 0.25) is 10.0 Å². The maximum atomic E-state index is 12.6. The summed E-state index contributed by atoms with van der Waals surface area (Å²) >= 11 is 0. The van der Waals surface area contributed by atoms with E-state index in [9.17, 15) is 8.42 Å². The van der Waals surface area contributed by atoms with Crippen LogP contribution in [0.5, 0.6) is 0 Å². The number of hydrogen-bond donors (Lipinski definition) is 1. The molecule has 1 aliphatic rings. The Hall–Kier alpha value is -2.35. The molecule has 22 heavy (non-hydrogen) atoms. The standard InChI is InChI=1S/C15H16N4O2S/c16-10-13(11-17)12-18-14-5-4-6-15(9-14)22(20,21)19-7-2-1-3-8-19/h4-6,9,12,18H,1-3,7-8H2. The number of nitriles is 2. The van der Waals surface area contributed by atoms with Crippen LogP contribution in [0.15, 0.2) is 40.9 Å². The molecule has 1 aliphatic heterocycles. The number of hydrogen-bond acceptors (Lipinski definition) is 5. The summed E-state index contributed by atoms with van der Waals surface area (Å²) in [6.07, 6.45) is 4.08. The van der Waals surface area contributed by atoms with Crippen molar-refractivity contribution in [2.45, 2.75) is 24.2 Å². The number of sulfonamides is 1. The van der Waals surface area contributed by atoms with Crippen molar-refractivity contribution in [1.29, 1.82) is 10.5 Å². The van der Waals surface area contributed by atoms with Gasteiger partial charge in [-0.15, -0.1) is 0 Å². The van der Waals surface area contributed by atoms with Crippen LogP contribution in [0.1, 0.15) is 19.3 Å². The quantitative estimate of drug-likeness (QED) is 0.859. The van der Waals surface area contributed by atoms with Gasteiger partial charge in [0.05, 0.1) is 4.90 Å². The molecule has 0 radical (unpaired) electrons. The van der Waals surface area contributed by atoms with E-state index in [0.29, 0.717) is 18.8 Å². The highest BCUT2D eigenvalue weighted by molar-refractivity contribution is 7.89. The first-order chi connectivity index (χ1) is 10.6. The molecule has 6 nitrogen and oxygen atoms in total. The molecule has 0 saturated carbocycles. The smallest absolute Gasteiger partial charge is 0.243 e. The van der Waals surface area contributed by atoms with E-state index < -0.39 is 10.0 Å². The molecule has 0 spiro atoms. The second kappa shape index (κ2) is 7.08. The van der Waals surface area contributed by atoms with E-state index in [-0.39, 0.29) is 10.5 Å². The van der Waals surface area contributed by atoms with Gasteiger partial charge in [-0.1, -0.05) is 12.5 Å². The zero-order chi connectivity index (χ0) is 16.0. The van der Waals surface area contributed by atoms with Gasteiger partial charge in [0.1, 0.15) is 17.7 Å². The fourth-order valence-corrected chi connectivity index (χ4v) is 3.81. The Morgan fingerprint density at radius 3 is 2.50 bits per heavy atom. The Morgan fingerprint density at radius 2 is 1.86 bits per heavy atom. The van der Waals surface area contributed by atoms with Gasteiger partial charge in [-0.05, 0) is 31.0 Å². The molecular weight excluding hydrogens is 300 g/mol. The minimum absolute atomic E-state index is 0.0794. The average molecular weight is 316 g/mol. The van der Waals surface area contributed by atoms with Crippen LogP contribution in [-0.2, 0) is 10.0 Å². The highest BCUT2D eigenvalue weighted by Crippen LogP contribution is 2.22. The summed E-state index contributed by atoms with van der Waals surface area (Å²) in [7, 11) is -3.49. The lowest BCUT2D eigenvalue weighted by Gasteiger charge is -2.26. The maximum Gasteiger partial charge on any atom is 0.243 e. The van der Waals surface area contributed by atoms with Crippen LogP contribution in [0.2, 0.25) is 0 Å². The summed E-state index contributed by atoms with van der Waals surface area (Å²) in [5.41, 5.74) is 0.436. The second-order valence-electron chi connectivity index (χ2n) is 4.92. The van der Waals surface area contributed by atoms with Crippen LogP contribution < -0.4 is 5.32 Å². The van der Waals surface area contributed by atoms with E-state index in [0.717, 1.165) is 19.3 Å². The van der Waals surface area contributed by atoms with Crippen LogP contribution in [0, 0.1) is 22.7 Å². The molecule has 0 aromatic heterocycles. The van der Waals surface area contributed by atoms with Crippen LogP contribution in [0.4, 0.5) is 5.69 Å². The molecule has 2 rings (SSSR count). The van der Waals surface area contributed by atoms with Gasteiger partial charge in [0, 0.05) is 25.0 Å². The Morgan fingerprint density at radius 1 is 1.18 bits per heavy atom. The van der Waals surface area contributed by atoms with Gasteiger partial charge in [-0.3, -0.25) is 0 Å². The first kappa shape index (κ1) is 16.0. The predicted molar refractivity (Wildman–Crippen MR) is 82.0 cm³/mol. The maximum absolute atomic E-state index is 12.6. The topological polar surface area (TPSA) is 97.0 Å². The van der Waals surface area contributed by atoms with Crippen molar-refractivity contribution in [2.24, 2.45) is 0 Å². The van der Waals surface area contributed by atoms with Crippen LogP contribution in [0.3, 0.4) is 0 Å². The SMILES string of the molecule is N#CC(C#N)=CNc1cccc(S(=O)(=O)N2CCCCC2)c1. The summed E-state index contributed by atoms with van der Waals surface area (Å²) < 4.78 is 26.6. The lowest BCUT2D eigenvalue weighted by atomic mass is 10.2. The van der Waals surface area contributed by atoms with E-state index in [2.05, 4.69) is 5.32 Å². The third kappa shape index (κ3) is 3.64. The number of nitrogens with zero attached hydrogens (tertiary/aromatic N) is 3. The summed E-state index contributed by atoms with van der Waals surface area (Å²) in [6.45, 7) is 1.10. The molecule has 0 atom stereocenters. The summed E-state index contributed by atoms with van der Waals surface area (Å²) in [4.78, 5) is 0.211. The molecule has 7 heteroatoms. The van der Waals surface area contributed by atoms with Gasteiger partial charge in [-0.2, -0.15) is 14.8 Å². The molecular formula is C15H16N4O2S. The highest BCUT2D eigenvalue weighted by Gasteiger charge is 2.25. The van der Waals surface area contributed by atoms with Crippen LogP contribution in [-0.4, -0.2) is 25.8 Å². The van der Waals surface area contributed by atoms with Crippen molar-refractivity contribution in [3.05, 3.63) is 36.0 Å². The van der Waals surface area contributed by atoms with E-state index in [1.807, 2.05) is 0 Å². The summed E-state index contributed by atoms with van der Waals surface area (Å²) in [5, 5.41) is 20.1. The monoisotopic (exact) mass is 316 g/mol. The first-order valence-corrected chi connectivity index (χ1v) is 8.39. The van der Waals surface area contributed by atoms with Crippen molar-refractivity contribution in [2.75, 3.05) is 18.4 Å². The Labute approximate surface area is 130 Å². The van der Waals surface area contributed by atoms with Gasteiger partial charge in [-0.25, -0.2) is 8.42 Å². The van der Waals surface area contributed by atoms with Crippen molar-refractivity contribution >= 4 is 15.7 Å². The largest absolute Gasteiger partial charge is 0.360 e. The first-order valence-electron chi connectivity index (χ1n) is 6.95. The predicted octanol–water partition coefficient (Wildman–Crippen LogP) is 2.20. The lowest BCUT2D eigenvalue weighted by Crippen LogP contribution is -2.35. The minimum Gasteiger partial charge on any atom is -0.360 e. The molecule has 0 unspecified atom stereocenters. The molecule has 0 bridgehead atoms.